The normalized spacial score (nSPS) is 11.9. The molecule has 1 N–H and O–H groups in total. The minimum absolute atomic E-state index is 0.0468. The number of benzene rings is 2. The molecule has 0 fully saturated rings. The van der Waals surface area contributed by atoms with Gasteiger partial charge in [0.25, 0.3) is 0 Å². The third-order valence-electron chi connectivity index (χ3n) is 2.65. The summed E-state index contributed by atoms with van der Waals surface area (Å²) in [5.74, 6) is 0. The van der Waals surface area contributed by atoms with Crippen LogP contribution in [0.15, 0.2) is 53.5 Å². The Morgan fingerprint density at radius 3 is 2.14 bits per heavy atom. The van der Waals surface area contributed by atoms with Crippen LogP contribution < -0.4 is 0 Å². The van der Waals surface area contributed by atoms with Gasteiger partial charge in [0.15, 0.2) is 0 Å². The molecule has 0 aromatic heterocycles. The molecule has 0 saturated carbocycles. The van der Waals surface area contributed by atoms with Gasteiger partial charge in [-0.3, -0.25) is 4.99 Å². The lowest BCUT2D eigenvalue weighted by Crippen LogP contribution is -2.01. The highest BCUT2D eigenvalue weighted by molar-refractivity contribution is 6.35. The van der Waals surface area contributed by atoms with Gasteiger partial charge in [0.1, 0.15) is 0 Å². The van der Waals surface area contributed by atoms with E-state index in [1.165, 1.54) is 0 Å². The van der Waals surface area contributed by atoms with E-state index < -0.39 is 0 Å². The Bertz CT molecular complexity index is 550. The van der Waals surface area contributed by atoms with Crippen LogP contribution in [-0.2, 0) is 0 Å². The SMILES string of the molecule is CC.OCC(N=Cc1cc(Cl)cc(Cl)c1)c1ccccc1. The van der Waals surface area contributed by atoms with Gasteiger partial charge in [0.05, 0.1) is 12.6 Å². The van der Waals surface area contributed by atoms with Crippen molar-refractivity contribution in [1.29, 1.82) is 0 Å². The molecular formula is C17H19Cl2NO. The summed E-state index contributed by atoms with van der Waals surface area (Å²) in [5.41, 5.74) is 1.78. The quantitative estimate of drug-likeness (QED) is 0.773. The molecule has 0 aliphatic heterocycles. The molecule has 0 spiro atoms. The van der Waals surface area contributed by atoms with Crippen molar-refractivity contribution in [3.63, 3.8) is 0 Å². The first-order valence-electron chi connectivity index (χ1n) is 6.84. The summed E-state index contributed by atoms with van der Waals surface area (Å²) in [4.78, 5) is 4.37. The highest BCUT2D eigenvalue weighted by Crippen LogP contribution is 2.20. The second-order valence-corrected chi connectivity index (χ2v) is 4.96. The van der Waals surface area contributed by atoms with Gasteiger partial charge < -0.3 is 5.11 Å². The molecule has 0 radical (unpaired) electrons. The molecule has 0 heterocycles. The molecular weight excluding hydrogens is 305 g/mol. The molecule has 0 aliphatic carbocycles. The summed E-state index contributed by atoms with van der Waals surface area (Å²) in [6.45, 7) is 3.95. The van der Waals surface area contributed by atoms with E-state index >= 15 is 0 Å². The van der Waals surface area contributed by atoms with Crippen LogP contribution in [0.4, 0.5) is 0 Å². The van der Waals surface area contributed by atoms with E-state index in [2.05, 4.69) is 4.99 Å². The van der Waals surface area contributed by atoms with E-state index in [4.69, 9.17) is 23.2 Å². The largest absolute Gasteiger partial charge is 0.394 e. The topological polar surface area (TPSA) is 32.6 Å². The second kappa shape index (κ2) is 9.56. The number of hydrogen-bond donors (Lipinski definition) is 1. The Morgan fingerprint density at radius 1 is 1.05 bits per heavy atom. The second-order valence-electron chi connectivity index (χ2n) is 4.09. The van der Waals surface area contributed by atoms with E-state index in [1.807, 2.05) is 44.2 Å². The van der Waals surface area contributed by atoms with Gasteiger partial charge in [-0.25, -0.2) is 0 Å². The predicted molar refractivity (Wildman–Crippen MR) is 91.7 cm³/mol. The fourth-order valence-corrected chi connectivity index (χ4v) is 2.28. The van der Waals surface area contributed by atoms with Crippen LogP contribution in [0.3, 0.4) is 0 Å². The minimum Gasteiger partial charge on any atom is -0.394 e. The minimum atomic E-state index is -0.279. The fraction of sp³-hybridized carbons (Fsp3) is 0.235. The zero-order valence-corrected chi connectivity index (χ0v) is 13.6. The van der Waals surface area contributed by atoms with E-state index in [0.717, 1.165) is 11.1 Å². The molecule has 1 unspecified atom stereocenters. The van der Waals surface area contributed by atoms with Gasteiger partial charge in [-0.15, -0.1) is 0 Å². The lowest BCUT2D eigenvalue weighted by molar-refractivity contribution is 0.269. The third-order valence-corrected chi connectivity index (χ3v) is 3.08. The van der Waals surface area contributed by atoms with Crippen molar-refractivity contribution in [2.75, 3.05) is 6.61 Å². The van der Waals surface area contributed by atoms with E-state index in [9.17, 15) is 5.11 Å². The zero-order chi connectivity index (χ0) is 15.7. The number of aliphatic imine (C=N–C) groups is 1. The molecule has 0 bridgehead atoms. The average Bonchev–Trinajstić information content (AvgIpc) is 2.50. The zero-order valence-electron chi connectivity index (χ0n) is 12.1. The van der Waals surface area contributed by atoms with Crippen LogP contribution in [-0.4, -0.2) is 17.9 Å². The van der Waals surface area contributed by atoms with Gasteiger partial charge in [0, 0.05) is 16.3 Å². The molecule has 112 valence electrons. The lowest BCUT2D eigenvalue weighted by Gasteiger charge is -2.09. The highest BCUT2D eigenvalue weighted by Gasteiger charge is 2.06. The van der Waals surface area contributed by atoms with E-state index in [-0.39, 0.29) is 12.6 Å². The van der Waals surface area contributed by atoms with E-state index in [0.29, 0.717) is 10.0 Å². The number of rotatable bonds is 4. The summed E-state index contributed by atoms with van der Waals surface area (Å²) in [6.07, 6.45) is 1.67. The maximum atomic E-state index is 9.40. The molecule has 2 aromatic carbocycles. The Morgan fingerprint density at radius 2 is 1.62 bits per heavy atom. The molecule has 0 saturated heterocycles. The molecule has 21 heavy (non-hydrogen) atoms. The van der Waals surface area contributed by atoms with Crippen LogP contribution in [0.2, 0.25) is 10.0 Å². The number of hydrogen-bond acceptors (Lipinski definition) is 2. The summed E-state index contributed by atoms with van der Waals surface area (Å²) < 4.78 is 0. The van der Waals surface area contributed by atoms with Crippen molar-refractivity contribution < 1.29 is 5.11 Å². The van der Waals surface area contributed by atoms with Gasteiger partial charge in [0.2, 0.25) is 0 Å². The van der Waals surface area contributed by atoms with Gasteiger partial charge >= 0.3 is 0 Å². The van der Waals surface area contributed by atoms with Crippen LogP contribution in [0, 0.1) is 0 Å². The van der Waals surface area contributed by atoms with Crippen molar-refractivity contribution in [1.82, 2.24) is 0 Å². The standard InChI is InChI=1S/C15H13Cl2NO.C2H6/c16-13-6-11(7-14(17)8-13)9-18-15(10-19)12-4-2-1-3-5-12;1-2/h1-9,15,19H,10H2;1-2H3. The first-order chi connectivity index (χ1) is 10.2. The maximum absolute atomic E-state index is 9.40. The van der Waals surface area contributed by atoms with Crippen molar-refractivity contribution in [2.45, 2.75) is 19.9 Å². The van der Waals surface area contributed by atoms with Crippen LogP contribution in [0.1, 0.15) is 31.0 Å². The van der Waals surface area contributed by atoms with Crippen molar-refractivity contribution >= 4 is 29.4 Å². The predicted octanol–water partition coefficient (Wildman–Crippen LogP) is 5.17. The maximum Gasteiger partial charge on any atom is 0.0979 e. The first kappa shape index (κ1) is 17.7. The summed E-state index contributed by atoms with van der Waals surface area (Å²) in [6, 6.07) is 14.6. The molecule has 2 nitrogen and oxygen atoms in total. The van der Waals surface area contributed by atoms with Crippen molar-refractivity contribution in [2.24, 2.45) is 4.99 Å². The first-order valence-corrected chi connectivity index (χ1v) is 7.59. The van der Waals surface area contributed by atoms with E-state index in [1.54, 1.807) is 24.4 Å². The van der Waals surface area contributed by atoms with Crippen LogP contribution in [0.25, 0.3) is 0 Å². The average molecular weight is 324 g/mol. The fourth-order valence-electron chi connectivity index (χ4n) is 1.74. The Hall–Kier alpha value is -1.35. The molecule has 2 aromatic rings. The van der Waals surface area contributed by atoms with Crippen LogP contribution >= 0.6 is 23.2 Å². The van der Waals surface area contributed by atoms with Crippen molar-refractivity contribution in [3.8, 4) is 0 Å². The smallest absolute Gasteiger partial charge is 0.0979 e. The molecule has 4 heteroatoms. The lowest BCUT2D eigenvalue weighted by atomic mass is 10.1. The molecule has 1 atom stereocenters. The molecule has 0 aliphatic rings. The molecule has 0 amide bonds. The van der Waals surface area contributed by atoms with Gasteiger partial charge in [-0.2, -0.15) is 0 Å². The number of aliphatic hydroxyl groups is 1. The van der Waals surface area contributed by atoms with Crippen molar-refractivity contribution in [3.05, 3.63) is 69.7 Å². The summed E-state index contributed by atoms with van der Waals surface area (Å²) in [7, 11) is 0. The Balaban J connectivity index is 0.00000106. The summed E-state index contributed by atoms with van der Waals surface area (Å²) >= 11 is 11.8. The highest BCUT2D eigenvalue weighted by atomic mass is 35.5. The Labute approximate surface area is 136 Å². The third kappa shape index (κ3) is 5.88. The molecule has 2 rings (SSSR count). The number of aliphatic hydroxyl groups excluding tert-OH is 1. The number of halogens is 2. The van der Waals surface area contributed by atoms with Gasteiger partial charge in [-0.1, -0.05) is 67.4 Å². The van der Waals surface area contributed by atoms with Crippen LogP contribution in [0.5, 0.6) is 0 Å². The monoisotopic (exact) mass is 323 g/mol. The Kier molecular flexibility index (Phi) is 8.06. The summed E-state index contributed by atoms with van der Waals surface area (Å²) in [5, 5.41) is 10.5. The van der Waals surface area contributed by atoms with Gasteiger partial charge in [-0.05, 0) is 29.3 Å². The number of nitrogens with zero attached hydrogens (tertiary/aromatic N) is 1.